The summed E-state index contributed by atoms with van der Waals surface area (Å²) < 4.78 is 13.8. The lowest BCUT2D eigenvalue weighted by molar-refractivity contribution is 0.118. The van der Waals surface area contributed by atoms with Gasteiger partial charge in [0.1, 0.15) is 5.82 Å². The third-order valence-electron chi connectivity index (χ3n) is 4.84. The lowest BCUT2D eigenvalue weighted by Crippen LogP contribution is -2.42. The van der Waals surface area contributed by atoms with E-state index in [9.17, 15) is 4.39 Å². The molecular weight excluding hydrogens is 251 g/mol. The molecule has 0 amide bonds. The van der Waals surface area contributed by atoms with Crippen molar-refractivity contribution in [2.75, 3.05) is 19.6 Å². The van der Waals surface area contributed by atoms with Gasteiger partial charge in [0, 0.05) is 24.7 Å². The molecule has 1 saturated heterocycles. The average Bonchev–Trinajstić information content (AvgIpc) is 2.42. The second-order valence-corrected chi connectivity index (χ2v) is 6.53. The van der Waals surface area contributed by atoms with E-state index in [0.29, 0.717) is 5.56 Å². The molecule has 112 valence electrons. The van der Waals surface area contributed by atoms with E-state index in [1.165, 1.54) is 12.5 Å². The summed E-state index contributed by atoms with van der Waals surface area (Å²) in [7, 11) is 0. The van der Waals surface area contributed by atoms with Crippen LogP contribution in [0.1, 0.15) is 38.8 Å². The van der Waals surface area contributed by atoms with Crippen molar-refractivity contribution in [2.24, 2.45) is 23.5 Å². The van der Waals surface area contributed by atoms with Gasteiger partial charge in [-0.1, -0.05) is 39.0 Å². The zero-order valence-electron chi connectivity index (χ0n) is 12.8. The van der Waals surface area contributed by atoms with Crippen molar-refractivity contribution in [1.29, 1.82) is 0 Å². The first-order chi connectivity index (χ1) is 9.49. The maximum atomic E-state index is 13.8. The fourth-order valence-corrected chi connectivity index (χ4v) is 3.09. The molecule has 0 saturated carbocycles. The molecule has 0 aliphatic carbocycles. The number of hydrogen-bond acceptors (Lipinski definition) is 2. The predicted octanol–water partition coefficient (Wildman–Crippen LogP) is 3.44. The van der Waals surface area contributed by atoms with Crippen molar-refractivity contribution in [1.82, 2.24) is 4.90 Å². The Morgan fingerprint density at radius 1 is 1.30 bits per heavy atom. The Morgan fingerprint density at radius 3 is 2.65 bits per heavy atom. The van der Waals surface area contributed by atoms with Crippen LogP contribution in [0.3, 0.4) is 0 Å². The maximum Gasteiger partial charge on any atom is 0.127 e. The summed E-state index contributed by atoms with van der Waals surface area (Å²) in [6.45, 7) is 10.00. The van der Waals surface area contributed by atoms with E-state index in [1.54, 1.807) is 12.1 Å². The van der Waals surface area contributed by atoms with Gasteiger partial charge < -0.3 is 10.6 Å². The lowest BCUT2D eigenvalue weighted by Gasteiger charge is -2.37. The number of piperidine rings is 1. The van der Waals surface area contributed by atoms with Gasteiger partial charge in [0.15, 0.2) is 0 Å². The van der Waals surface area contributed by atoms with E-state index >= 15 is 0 Å². The molecule has 1 aromatic carbocycles. The van der Waals surface area contributed by atoms with Gasteiger partial charge in [0.25, 0.3) is 0 Å². The van der Waals surface area contributed by atoms with Crippen molar-refractivity contribution >= 4 is 0 Å². The second kappa shape index (κ2) is 6.68. The maximum absolute atomic E-state index is 13.8. The Labute approximate surface area is 122 Å². The Kier molecular flexibility index (Phi) is 5.17. The molecule has 4 atom stereocenters. The summed E-state index contributed by atoms with van der Waals surface area (Å²) in [5, 5.41) is 0. The highest BCUT2D eigenvalue weighted by molar-refractivity contribution is 5.21. The summed E-state index contributed by atoms with van der Waals surface area (Å²) >= 11 is 0. The summed E-state index contributed by atoms with van der Waals surface area (Å²) in [4.78, 5) is 2.48. The van der Waals surface area contributed by atoms with Gasteiger partial charge in [-0.25, -0.2) is 4.39 Å². The van der Waals surface area contributed by atoms with Gasteiger partial charge in [-0.3, -0.25) is 0 Å². The molecule has 1 aromatic rings. The smallest absolute Gasteiger partial charge is 0.127 e. The van der Waals surface area contributed by atoms with Crippen LogP contribution in [0.5, 0.6) is 0 Å². The highest BCUT2D eigenvalue weighted by atomic mass is 19.1. The van der Waals surface area contributed by atoms with Gasteiger partial charge in [-0.15, -0.1) is 0 Å². The van der Waals surface area contributed by atoms with Crippen LogP contribution >= 0.6 is 0 Å². The Morgan fingerprint density at radius 2 is 2.00 bits per heavy atom. The van der Waals surface area contributed by atoms with E-state index in [2.05, 4.69) is 25.7 Å². The van der Waals surface area contributed by atoms with Crippen LogP contribution in [0.4, 0.5) is 4.39 Å². The third kappa shape index (κ3) is 3.58. The molecule has 0 radical (unpaired) electrons. The molecule has 2 nitrogen and oxygen atoms in total. The van der Waals surface area contributed by atoms with Crippen molar-refractivity contribution in [2.45, 2.75) is 33.2 Å². The van der Waals surface area contributed by atoms with Gasteiger partial charge in [-0.2, -0.15) is 0 Å². The van der Waals surface area contributed by atoms with Crippen LogP contribution in [0.25, 0.3) is 0 Å². The number of hydrogen-bond donors (Lipinski definition) is 1. The molecule has 2 N–H and O–H groups in total. The van der Waals surface area contributed by atoms with Crippen LogP contribution in [-0.2, 0) is 0 Å². The van der Waals surface area contributed by atoms with Crippen molar-refractivity contribution < 1.29 is 4.39 Å². The van der Waals surface area contributed by atoms with Crippen LogP contribution in [-0.4, -0.2) is 24.5 Å². The lowest BCUT2D eigenvalue weighted by atomic mass is 9.87. The Bertz CT molecular complexity index is 435. The largest absolute Gasteiger partial charge is 0.324 e. The fourth-order valence-electron chi connectivity index (χ4n) is 3.09. The number of nitrogens with two attached hydrogens (primary N) is 1. The SMILES string of the molecule is CC1CCN(CC(C)C(N)c2ccccc2F)CC1C. The molecule has 1 aliphatic rings. The molecular formula is C17H27FN2. The molecule has 1 fully saturated rings. The zero-order chi connectivity index (χ0) is 14.7. The number of nitrogens with zero attached hydrogens (tertiary/aromatic N) is 1. The average molecular weight is 278 g/mol. The van der Waals surface area contributed by atoms with Crippen LogP contribution in [0.2, 0.25) is 0 Å². The molecule has 2 rings (SSSR count). The van der Waals surface area contributed by atoms with Crippen LogP contribution in [0.15, 0.2) is 24.3 Å². The number of halogens is 1. The minimum atomic E-state index is -0.231. The van der Waals surface area contributed by atoms with Gasteiger partial charge in [0.05, 0.1) is 0 Å². The molecule has 0 aromatic heterocycles. The van der Waals surface area contributed by atoms with E-state index in [4.69, 9.17) is 5.73 Å². The first kappa shape index (κ1) is 15.5. The number of rotatable bonds is 4. The van der Waals surface area contributed by atoms with Crippen LogP contribution in [0, 0.1) is 23.6 Å². The quantitative estimate of drug-likeness (QED) is 0.914. The predicted molar refractivity (Wildman–Crippen MR) is 81.9 cm³/mol. The monoisotopic (exact) mass is 278 g/mol. The topological polar surface area (TPSA) is 29.3 Å². The standard InChI is InChI=1S/C17H27FN2/c1-12-8-9-20(10-13(12)2)11-14(3)17(19)15-6-4-5-7-16(15)18/h4-7,12-14,17H,8-11,19H2,1-3H3. The minimum Gasteiger partial charge on any atom is -0.324 e. The number of benzene rings is 1. The van der Waals surface area contributed by atoms with Crippen molar-refractivity contribution in [3.05, 3.63) is 35.6 Å². The van der Waals surface area contributed by atoms with Crippen molar-refractivity contribution in [3.8, 4) is 0 Å². The highest BCUT2D eigenvalue weighted by Crippen LogP contribution is 2.26. The molecule has 1 aliphatic heterocycles. The normalized spacial score (nSPS) is 27.2. The zero-order valence-corrected chi connectivity index (χ0v) is 12.8. The summed E-state index contributed by atoms with van der Waals surface area (Å²) in [5.74, 6) is 1.61. The van der Waals surface area contributed by atoms with E-state index in [-0.39, 0.29) is 17.8 Å². The van der Waals surface area contributed by atoms with E-state index in [0.717, 1.165) is 31.5 Å². The fraction of sp³-hybridized carbons (Fsp3) is 0.647. The molecule has 0 bridgehead atoms. The van der Waals surface area contributed by atoms with E-state index < -0.39 is 0 Å². The number of likely N-dealkylation sites (tertiary alicyclic amines) is 1. The third-order valence-corrected chi connectivity index (χ3v) is 4.84. The van der Waals surface area contributed by atoms with Gasteiger partial charge in [-0.05, 0) is 36.8 Å². The first-order valence-corrected chi connectivity index (χ1v) is 7.71. The first-order valence-electron chi connectivity index (χ1n) is 7.71. The molecule has 3 heteroatoms. The Hall–Kier alpha value is -0.930. The highest BCUT2D eigenvalue weighted by Gasteiger charge is 2.26. The molecule has 0 spiro atoms. The van der Waals surface area contributed by atoms with Crippen molar-refractivity contribution in [3.63, 3.8) is 0 Å². The minimum absolute atomic E-state index is 0.188. The molecule has 4 unspecified atom stereocenters. The molecule has 1 heterocycles. The van der Waals surface area contributed by atoms with Gasteiger partial charge >= 0.3 is 0 Å². The summed E-state index contributed by atoms with van der Waals surface area (Å²) in [6, 6.07) is 6.63. The van der Waals surface area contributed by atoms with Crippen LogP contribution < -0.4 is 5.73 Å². The van der Waals surface area contributed by atoms with Gasteiger partial charge in [0.2, 0.25) is 0 Å². The Balaban J connectivity index is 1.95. The second-order valence-electron chi connectivity index (χ2n) is 6.53. The summed E-state index contributed by atoms with van der Waals surface area (Å²) in [5.41, 5.74) is 6.89. The van der Waals surface area contributed by atoms with E-state index in [1.807, 2.05) is 6.07 Å². The summed E-state index contributed by atoms with van der Waals surface area (Å²) in [6.07, 6.45) is 1.25. The molecule has 20 heavy (non-hydrogen) atoms.